The highest BCUT2D eigenvalue weighted by Gasteiger charge is 2.13. The van der Waals surface area contributed by atoms with Crippen LogP contribution in [-0.4, -0.2) is 27.0 Å². The largest absolute Gasteiger partial charge is 0.320 e. The van der Waals surface area contributed by atoms with Gasteiger partial charge in [0.25, 0.3) is 17.4 Å². The van der Waals surface area contributed by atoms with Crippen LogP contribution >= 0.6 is 0 Å². The molecule has 0 aliphatic heterocycles. The van der Waals surface area contributed by atoms with Crippen LogP contribution < -0.4 is 16.2 Å². The minimum Gasteiger partial charge on any atom is -0.320 e. The van der Waals surface area contributed by atoms with Gasteiger partial charge in [0.2, 0.25) is 0 Å². The van der Waals surface area contributed by atoms with Crippen LogP contribution in [-0.2, 0) is 0 Å². The predicted octanol–water partition coefficient (Wildman–Crippen LogP) is 1.67. The second-order valence-electron chi connectivity index (χ2n) is 5.00. The molecule has 0 saturated carbocycles. The van der Waals surface area contributed by atoms with E-state index in [2.05, 4.69) is 25.8 Å². The number of nitrogens with one attached hydrogen (secondary N) is 3. The van der Waals surface area contributed by atoms with Gasteiger partial charge in [0.05, 0.1) is 16.9 Å². The molecule has 0 saturated heterocycles. The molecule has 2 amide bonds. The molecule has 25 heavy (non-hydrogen) atoms. The molecule has 0 bridgehead atoms. The Kier molecular flexibility index (Phi) is 4.61. The van der Waals surface area contributed by atoms with Crippen molar-refractivity contribution in [3.63, 3.8) is 0 Å². The molecule has 2 aromatic heterocycles. The summed E-state index contributed by atoms with van der Waals surface area (Å²) in [5.41, 5.74) is 0.867. The minimum atomic E-state index is -0.515. The molecule has 0 radical (unpaired) electrons. The van der Waals surface area contributed by atoms with Crippen LogP contribution in [0.3, 0.4) is 0 Å². The van der Waals surface area contributed by atoms with Gasteiger partial charge in [0.1, 0.15) is 5.69 Å². The van der Waals surface area contributed by atoms with Gasteiger partial charge in [0.15, 0.2) is 0 Å². The number of aromatic nitrogens is 3. The summed E-state index contributed by atoms with van der Waals surface area (Å²) in [6.07, 6.45) is 3.02. The molecule has 3 rings (SSSR count). The minimum absolute atomic E-state index is 0.0491. The highest BCUT2D eigenvalue weighted by atomic mass is 16.2. The van der Waals surface area contributed by atoms with Crippen molar-refractivity contribution in [3.05, 3.63) is 82.5 Å². The summed E-state index contributed by atoms with van der Waals surface area (Å²) in [5, 5.41) is 11.2. The van der Waals surface area contributed by atoms with Crippen molar-refractivity contribution in [3.8, 4) is 0 Å². The Balaban J connectivity index is 1.79. The van der Waals surface area contributed by atoms with Gasteiger partial charge in [-0.3, -0.25) is 19.4 Å². The quantitative estimate of drug-likeness (QED) is 0.670. The SMILES string of the molecule is O=C(Nc1ccccc1NC(=O)c1ccc(=O)[nH]n1)c1cccnc1. The summed E-state index contributed by atoms with van der Waals surface area (Å²) < 4.78 is 0. The first kappa shape index (κ1) is 16.1. The molecule has 0 spiro atoms. The fourth-order valence-electron chi connectivity index (χ4n) is 2.05. The Morgan fingerprint density at radius 3 is 2.20 bits per heavy atom. The molecule has 3 aromatic rings. The van der Waals surface area contributed by atoms with E-state index in [9.17, 15) is 14.4 Å². The second kappa shape index (κ2) is 7.18. The van der Waals surface area contributed by atoms with Gasteiger partial charge in [-0.15, -0.1) is 0 Å². The second-order valence-corrected chi connectivity index (χ2v) is 5.00. The van der Waals surface area contributed by atoms with Crippen molar-refractivity contribution in [2.24, 2.45) is 0 Å². The number of para-hydroxylation sites is 2. The van der Waals surface area contributed by atoms with Gasteiger partial charge in [-0.2, -0.15) is 5.10 Å². The van der Waals surface area contributed by atoms with Crippen molar-refractivity contribution in [2.75, 3.05) is 10.6 Å². The maximum Gasteiger partial charge on any atom is 0.276 e. The fourth-order valence-corrected chi connectivity index (χ4v) is 2.05. The monoisotopic (exact) mass is 335 g/mol. The van der Waals surface area contributed by atoms with Crippen LogP contribution in [0, 0.1) is 0 Å². The van der Waals surface area contributed by atoms with Crippen molar-refractivity contribution < 1.29 is 9.59 Å². The molecule has 0 atom stereocenters. The number of pyridine rings is 1. The van der Waals surface area contributed by atoms with Crippen LogP contribution in [0.5, 0.6) is 0 Å². The van der Waals surface area contributed by atoms with E-state index in [-0.39, 0.29) is 11.6 Å². The van der Waals surface area contributed by atoms with Gasteiger partial charge in [-0.1, -0.05) is 12.1 Å². The molecule has 0 aliphatic rings. The number of hydrogen-bond acceptors (Lipinski definition) is 5. The molecule has 3 N–H and O–H groups in total. The van der Waals surface area contributed by atoms with E-state index in [4.69, 9.17) is 0 Å². The molecule has 0 aliphatic carbocycles. The molecule has 8 nitrogen and oxygen atoms in total. The zero-order chi connectivity index (χ0) is 17.6. The van der Waals surface area contributed by atoms with Gasteiger partial charge in [0, 0.05) is 18.5 Å². The summed E-state index contributed by atoms with van der Waals surface area (Å²) in [6, 6.07) is 12.6. The van der Waals surface area contributed by atoms with Crippen LogP contribution in [0.25, 0.3) is 0 Å². The average Bonchev–Trinajstić information content (AvgIpc) is 2.64. The number of anilines is 2. The summed E-state index contributed by atoms with van der Waals surface area (Å²) >= 11 is 0. The van der Waals surface area contributed by atoms with E-state index in [1.54, 1.807) is 42.6 Å². The van der Waals surface area contributed by atoms with Gasteiger partial charge in [-0.05, 0) is 30.3 Å². The van der Waals surface area contributed by atoms with Gasteiger partial charge < -0.3 is 10.6 Å². The van der Waals surface area contributed by atoms with Crippen LogP contribution in [0.4, 0.5) is 11.4 Å². The van der Waals surface area contributed by atoms with Crippen molar-refractivity contribution in [1.29, 1.82) is 0 Å². The number of rotatable bonds is 4. The lowest BCUT2D eigenvalue weighted by Crippen LogP contribution is -2.19. The van der Waals surface area contributed by atoms with Crippen LogP contribution in [0.1, 0.15) is 20.8 Å². The topological polar surface area (TPSA) is 117 Å². The smallest absolute Gasteiger partial charge is 0.276 e. The lowest BCUT2D eigenvalue weighted by Gasteiger charge is -2.11. The summed E-state index contributed by atoms with van der Waals surface area (Å²) in [5.74, 6) is -0.865. The Hall–Kier alpha value is -3.81. The normalized spacial score (nSPS) is 10.1. The highest BCUT2D eigenvalue weighted by Crippen LogP contribution is 2.22. The third-order valence-corrected chi connectivity index (χ3v) is 3.26. The van der Waals surface area contributed by atoms with E-state index in [0.717, 1.165) is 0 Å². The van der Waals surface area contributed by atoms with Crippen molar-refractivity contribution in [1.82, 2.24) is 15.2 Å². The molecule has 0 fully saturated rings. The Labute approximate surface area is 141 Å². The maximum absolute atomic E-state index is 12.2. The Morgan fingerprint density at radius 2 is 1.60 bits per heavy atom. The standard InChI is InChI=1S/C17H13N5O3/c23-15-8-7-14(21-22-15)17(25)20-13-6-2-1-5-12(13)19-16(24)11-4-3-9-18-10-11/h1-10H,(H,19,24)(H,20,25)(H,22,23). The summed E-state index contributed by atoms with van der Waals surface area (Å²) in [6.45, 7) is 0. The molecular weight excluding hydrogens is 322 g/mol. The van der Waals surface area contributed by atoms with Gasteiger partial charge >= 0.3 is 0 Å². The van der Waals surface area contributed by atoms with Crippen LogP contribution in [0.15, 0.2) is 65.7 Å². The molecule has 1 aromatic carbocycles. The molecular formula is C17H13N5O3. The third kappa shape index (κ3) is 3.94. The number of H-pyrrole nitrogens is 1. The highest BCUT2D eigenvalue weighted by molar-refractivity contribution is 6.09. The zero-order valence-electron chi connectivity index (χ0n) is 12.9. The molecule has 8 heteroatoms. The lowest BCUT2D eigenvalue weighted by atomic mass is 10.2. The first-order chi connectivity index (χ1) is 12.1. The summed E-state index contributed by atoms with van der Waals surface area (Å²) in [4.78, 5) is 39.4. The average molecular weight is 335 g/mol. The Bertz CT molecular complexity index is 949. The fraction of sp³-hybridized carbons (Fsp3) is 0. The Morgan fingerprint density at radius 1 is 0.880 bits per heavy atom. The number of hydrogen-bond donors (Lipinski definition) is 3. The van der Waals surface area contributed by atoms with E-state index in [0.29, 0.717) is 16.9 Å². The zero-order valence-corrected chi connectivity index (χ0v) is 12.9. The van der Waals surface area contributed by atoms with Gasteiger partial charge in [-0.25, -0.2) is 5.10 Å². The molecule has 2 heterocycles. The summed E-state index contributed by atoms with van der Waals surface area (Å²) in [7, 11) is 0. The molecule has 124 valence electrons. The van der Waals surface area contributed by atoms with Crippen molar-refractivity contribution in [2.45, 2.75) is 0 Å². The first-order valence-corrected chi connectivity index (χ1v) is 7.31. The number of benzene rings is 1. The maximum atomic E-state index is 12.2. The third-order valence-electron chi connectivity index (χ3n) is 3.26. The predicted molar refractivity (Wildman–Crippen MR) is 91.4 cm³/mol. The number of carbonyl (C=O) groups is 2. The first-order valence-electron chi connectivity index (χ1n) is 7.31. The van der Waals surface area contributed by atoms with Crippen LogP contribution in [0.2, 0.25) is 0 Å². The van der Waals surface area contributed by atoms with Crippen molar-refractivity contribution >= 4 is 23.2 Å². The number of aromatic amines is 1. The van der Waals surface area contributed by atoms with E-state index >= 15 is 0 Å². The lowest BCUT2D eigenvalue weighted by molar-refractivity contribution is 0.101. The number of amides is 2. The number of carbonyl (C=O) groups excluding carboxylic acids is 2. The van der Waals surface area contributed by atoms with E-state index < -0.39 is 11.5 Å². The van der Waals surface area contributed by atoms with E-state index in [1.807, 2.05) is 0 Å². The van der Waals surface area contributed by atoms with E-state index in [1.165, 1.54) is 18.3 Å². The molecule has 0 unspecified atom stereocenters. The number of nitrogens with zero attached hydrogens (tertiary/aromatic N) is 2.